The van der Waals surface area contributed by atoms with E-state index in [4.69, 9.17) is 5.73 Å². The fraction of sp³-hybridized carbons (Fsp3) is 0.636. The zero-order valence-electron chi connectivity index (χ0n) is 10.6. The van der Waals surface area contributed by atoms with E-state index < -0.39 is 10.0 Å². The van der Waals surface area contributed by atoms with Crippen LogP contribution in [0.5, 0.6) is 0 Å². The number of halogens is 2. The lowest BCUT2D eigenvalue weighted by Gasteiger charge is -2.30. The number of hydrogen-bond acceptors (Lipinski definition) is 4. The summed E-state index contributed by atoms with van der Waals surface area (Å²) in [4.78, 5) is 0. The lowest BCUT2D eigenvalue weighted by atomic mass is 10.0. The van der Waals surface area contributed by atoms with Crippen LogP contribution in [0.4, 0.5) is 0 Å². The van der Waals surface area contributed by atoms with Crippen molar-refractivity contribution in [1.29, 1.82) is 0 Å². The van der Waals surface area contributed by atoms with Crippen LogP contribution >= 0.6 is 39.7 Å². The molecule has 2 N–H and O–H groups in total. The van der Waals surface area contributed by atoms with E-state index in [1.165, 1.54) is 11.3 Å². The molecule has 0 spiro atoms. The van der Waals surface area contributed by atoms with Gasteiger partial charge in [0.15, 0.2) is 0 Å². The van der Waals surface area contributed by atoms with Gasteiger partial charge in [-0.05, 0) is 59.8 Å². The number of nitrogens with two attached hydrogens (primary N) is 1. The van der Waals surface area contributed by atoms with Gasteiger partial charge in [0.25, 0.3) is 10.0 Å². The van der Waals surface area contributed by atoms with Gasteiger partial charge in [0.05, 0.1) is 3.79 Å². The van der Waals surface area contributed by atoms with Crippen molar-refractivity contribution >= 4 is 49.7 Å². The SMILES string of the molecule is Cc1cc(S(=O)(=O)N2CCCC(CN)C2)sc1Br.Cl. The molecule has 1 saturated heterocycles. The molecule has 1 aromatic rings. The second-order valence-corrected chi connectivity index (χ2v) is 9.16. The molecule has 1 aromatic heterocycles. The van der Waals surface area contributed by atoms with Crippen molar-refractivity contribution in [3.63, 3.8) is 0 Å². The third-order valence-electron chi connectivity index (χ3n) is 3.24. The van der Waals surface area contributed by atoms with Crippen molar-refractivity contribution in [1.82, 2.24) is 4.31 Å². The minimum atomic E-state index is -3.34. The van der Waals surface area contributed by atoms with Crippen LogP contribution in [-0.4, -0.2) is 32.4 Å². The summed E-state index contributed by atoms with van der Waals surface area (Å²) in [6, 6.07) is 1.73. The molecule has 4 nitrogen and oxygen atoms in total. The van der Waals surface area contributed by atoms with E-state index in [-0.39, 0.29) is 18.3 Å². The Bertz CT molecular complexity index is 513. The van der Waals surface area contributed by atoms with Crippen LogP contribution in [0.15, 0.2) is 14.1 Å². The van der Waals surface area contributed by atoms with Gasteiger partial charge in [-0.25, -0.2) is 8.42 Å². The van der Waals surface area contributed by atoms with Gasteiger partial charge in [0, 0.05) is 13.1 Å². The van der Waals surface area contributed by atoms with E-state index in [0.717, 1.165) is 22.2 Å². The summed E-state index contributed by atoms with van der Waals surface area (Å²) in [6.07, 6.45) is 1.92. The Balaban J connectivity index is 0.00000180. The zero-order valence-corrected chi connectivity index (χ0v) is 14.7. The third-order valence-corrected chi connectivity index (χ3v) is 7.69. The number of aryl methyl sites for hydroxylation is 1. The highest BCUT2D eigenvalue weighted by atomic mass is 79.9. The average molecular weight is 390 g/mol. The van der Waals surface area contributed by atoms with E-state index in [1.807, 2.05) is 6.92 Å². The van der Waals surface area contributed by atoms with Gasteiger partial charge >= 0.3 is 0 Å². The van der Waals surface area contributed by atoms with Gasteiger partial charge in [0.2, 0.25) is 0 Å². The molecule has 1 fully saturated rings. The molecule has 1 aliphatic rings. The molecule has 2 rings (SSSR count). The molecular weight excluding hydrogens is 372 g/mol. The Morgan fingerprint density at radius 1 is 1.58 bits per heavy atom. The maximum Gasteiger partial charge on any atom is 0.252 e. The van der Waals surface area contributed by atoms with E-state index in [9.17, 15) is 8.42 Å². The fourth-order valence-electron chi connectivity index (χ4n) is 2.12. The summed E-state index contributed by atoms with van der Waals surface area (Å²) in [5.74, 6) is 0.290. The first kappa shape index (κ1) is 17.4. The lowest BCUT2D eigenvalue weighted by molar-refractivity contribution is 0.272. The molecule has 110 valence electrons. The summed E-state index contributed by atoms with van der Waals surface area (Å²) in [6.45, 7) is 3.61. The number of rotatable bonds is 3. The van der Waals surface area contributed by atoms with Crippen molar-refractivity contribution < 1.29 is 8.42 Å². The highest BCUT2D eigenvalue weighted by Gasteiger charge is 2.31. The molecule has 1 aliphatic heterocycles. The van der Waals surface area contributed by atoms with Crippen LogP contribution in [0, 0.1) is 12.8 Å². The van der Waals surface area contributed by atoms with E-state index in [1.54, 1.807) is 10.4 Å². The fourth-order valence-corrected chi connectivity index (χ4v) is 6.06. The molecule has 0 aliphatic carbocycles. The first-order valence-corrected chi connectivity index (χ1v) is 8.96. The van der Waals surface area contributed by atoms with Crippen molar-refractivity contribution in [3.05, 3.63) is 15.4 Å². The van der Waals surface area contributed by atoms with Crippen LogP contribution in [0.25, 0.3) is 0 Å². The van der Waals surface area contributed by atoms with Crippen LogP contribution < -0.4 is 5.73 Å². The minimum absolute atomic E-state index is 0. The number of piperidine rings is 1. The Hall–Kier alpha value is 0.340. The normalized spacial score (nSPS) is 21.1. The molecule has 0 aromatic carbocycles. The second kappa shape index (κ2) is 6.87. The smallest absolute Gasteiger partial charge is 0.252 e. The quantitative estimate of drug-likeness (QED) is 0.864. The maximum atomic E-state index is 12.5. The first-order valence-electron chi connectivity index (χ1n) is 5.91. The van der Waals surface area contributed by atoms with Gasteiger partial charge in [-0.3, -0.25) is 0 Å². The summed E-state index contributed by atoms with van der Waals surface area (Å²) in [7, 11) is -3.34. The summed E-state index contributed by atoms with van der Waals surface area (Å²) in [5.41, 5.74) is 6.61. The molecule has 1 unspecified atom stereocenters. The largest absolute Gasteiger partial charge is 0.330 e. The Morgan fingerprint density at radius 3 is 2.79 bits per heavy atom. The van der Waals surface area contributed by atoms with Gasteiger partial charge in [-0.15, -0.1) is 23.7 Å². The Kier molecular flexibility index (Phi) is 6.28. The zero-order chi connectivity index (χ0) is 13.3. The highest BCUT2D eigenvalue weighted by Crippen LogP contribution is 2.33. The molecule has 19 heavy (non-hydrogen) atoms. The van der Waals surface area contributed by atoms with Gasteiger partial charge < -0.3 is 5.73 Å². The van der Waals surface area contributed by atoms with Crippen molar-refractivity contribution in [2.75, 3.05) is 19.6 Å². The predicted octanol–water partition coefficient (Wildman–Crippen LogP) is 2.60. The topological polar surface area (TPSA) is 63.4 Å². The number of thiophene rings is 1. The van der Waals surface area contributed by atoms with E-state index >= 15 is 0 Å². The number of nitrogens with zero attached hydrogens (tertiary/aromatic N) is 1. The van der Waals surface area contributed by atoms with Crippen molar-refractivity contribution in [3.8, 4) is 0 Å². The van der Waals surface area contributed by atoms with Crippen LogP contribution in [0.3, 0.4) is 0 Å². The Morgan fingerprint density at radius 2 is 2.26 bits per heavy atom. The van der Waals surface area contributed by atoms with E-state index in [2.05, 4.69) is 15.9 Å². The minimum Gasteiger partial charge on any atom is -0.330 e. The molecule has 8 heteroatoms. The predicted molar refractivity (Wildman–Crippen MR) is 84.5 cm³/mol. The van der Waals surface area contributed by atoms with E-state index in [0.29, 0.717) is 23.8 Å². The number of sulfonamides is 1. The Labute approximate surface area is 133 Å². The monoisotopic (exact) mass is 388 g/mol. The third kappa shape index (κ3) is 3.71. The van der Waals surface area contributed by atoms with Crippen LogP contribution in [0.1, 0.15) is 18.4 Å². The van der Waals surface area contributed by atoms with Crippen molar-refractivity contribution in [2.45, 2.75) is 24.0 Å². The molecule has 2 heterocycles. The molecule has 1 atom stereocenters. The molecular formula is C11H18BrClN2O2S2. The number of hydrogen-bond donors (Lipinski definition) is 1. The standard InChI is InChI=1S/C11H17BrN2O2S2.ClH/c1-8-5-10(17-11(8)12)18(15,16)14-4-2-3-9(6-13)7-14;/h5,9H,2-4,6-7,13H2,1H3;1H. The van der Waals surface area contributed by atoms with Gasteiger partial charge in [0.1, 0.15) is 4.21 Å². The molecule has 0 bridgehead atoms. The molecule has 0 saturated carbocycles. The first-order chi connectivity index (χ1) is 8.45. The highest BCUT2D eigenvalue weighted by molar-refractivity contribution is 9.11. The van der Waals surface area contributed by atoms with Crippen LogP contribution in [0.2, 0.25) is 0 Å². The lowest BCUT2D eigenvalue weighted by Crippen LogP contribution is -2.41. The molecule has 0 amide bonds. The van der Waals surface area contributed by atoms with Crippen molar-refractivity contribution in [2.24, 2.45) is 11.7 Å². The molecule has 0 radical (unpaired) electrons. The maximum absolute atomic E-state index is 12.5. The summed E-state index contributed by atoms with van der Waals surface area (Å²) >= 11 is 4.65. The van der Waals surface area contributed by atoms with Gasteiger partial charge in [-0.1, -0.05) is 0 Å². The van der Waals surface area contributed by atoms with Gasteiger partial charge in [-0.2, -0.15) is 4.31 Å². The average Bonchev–Trinajstić information content (AvgIpc) is 2.70. The van der Waals surface area contributed by atoms with Crippen LogP contribution in [-0.2, 0) is 10.0 Å². The summed E-state index contributed by atoms with van der Waals surface area (Å²) < 4.78 is 27.9. The summed E-state index contributed by atoms with van der Waals surface area (Å²) in [5, 5.41) is 0. The second-order valence-electron chi connectivity index (χ2n) is 4.63.